The third-order valence-corrected chi connectivity index (χ3v) is 3.81. The van der Waals surface area contributed by atoms with Gasteiger partial charge in [0, 0.05) is 24.5 Å². The van der Waals surface area contributed by atoms with E-state index in [0.29, 0.717) is 0 Å². The zero-order valence-electron chi connectivity index (χ0n) is 13.6. The molecule has 112 valence electrons. The van der Waals surface area contributed by atoms with E-state index in [0.717, 1.165) is 18.8 Å². The Kier molecular flexibility index (Phi) is 4.56. The zero-order valence-corrected chi connectivity index (χ0v) is 13.6. The summed E-state index contributed by atoms with van der Waals surface area (Å²) in [4.78, 5) is 2.34. The Bertz CT molecular complexity index is 579. The standard InChI is InChI=1S/C19H26N2/c1-5-21(18-8-6-7-17(20)13-18)14-15-9-11-16(12-10-15)19(2,3)4/h6-13H,5,14,20H2,1-4H3. The van der Waals surface area contributed by atoms with Crippen LogP contribution in [0.15, 0.2) is 48.5 Å². The average molecular weight is 282 g/mol. The van der Waals surface area contributed by atoms with Crippen molar-refractivity contribution in [3.63, 3.8) is 0 Å². The number of hydrogen-bond donors (Lipinski definition) is 1. The minimum Gasteiger partial charge on any atom is -0.399 e. The maximum absolute atomic E-state index is 5.89. The van der Waals surface area contributed by atoms with Crippen LogP contribution in [-0.2, 0) is 12.0 Å². The highest BCUT2D eigenvalue weighted by Crippen LogP contribution is 2.24. The minimum absolute atomic E-state index is 0.205. The van der Waals surface area contributed by atoms with Crippen LogP contribution in [0.2, 0.25) is 0 Å². The summed E-state index contributed by atoms with van der Waals surface area (Å²) >= 11 is 0. The van der Waals surface area contributed by atoms with Gasteiger partial charge in [-0.3, -0.25) is 0 Å². The highest BCUT2D eigenvalue weighted by Gasteiger charge is 2.13. The molecular formula is C19H26N2. The van der Waals surface area contributed by atoms with E-state index in [1.807, 2.05) is 18.2 Å². The lowest BCUT2D eigenvalue weighted by Gasteiger charge is -2.24. The molecule has 0 aliphatic rings. The summed E-state index contributed by atoms with van der Waals surface area (Å²) in [7, 11) is 0. The van der Waals surface area contributed by atoms with Gasteiger partial charge in [-0.05, 0) is 41.7 Å². The maximum Gasteiger partial charge on any atom is 0.0429 e. The van der Waals surface area contributed by atoms with Gasteiger partial charge in [0.05, 0.1) is 0 Å². The summed E-state index contributed by atoms with van der Waals surface area (Å²) in [6.45, 7) is 10.8. The van der Waals surface area contributed by atoms with E-state index in [9.17, 15) is 0 Å². The Labute approximate surface area is 128 Å². The summed E-state index contributed by atoms with van der Waals surface area (Å²) in [5.74, 6) is 0. The van der Waals surface area contributed by atoms with Crippen molar-refractivity contribution in [2.75, 3.05) is 17.2 Å². The molecule has 2 heteroatoms. The van der Waals surface area contributed by atoms with Gasteiger partial charge in [-0.15, -0.1) is 0 Å². The van der Waals surface area contributed by atoms with Gasteiger partial charge in [0.1, 0.15) is 0 Å². The Morgan fingerprint density at radius 2 is 1.67 bits per heavy atom. The maximum atomic E-state index is 5.89. The predicted octanol–water partition coefficient (Wildman–Crippen LogP) is 4.59. The van der Waals surface area contributed by atoms with Crippen molar-refractivity contribution in [3.8, 4) is 0 Å². The van der Waals surface area contributed by atoms with Gasteiger partial charge in [-0.25, -0.2) is 0 Å². The Hall–Kier alpha value is -1.96. The topological polar surface area (TPSA) is 29.3 Å². The van der Waals surface area contributed by atoms with E-state index < -0.39 is 0 Å². The largest absolute Gasteiger partial charge is 0.399 e. The Morgan fingerprint density at radius 1 is 1.00 bits per heavy atom. The van der Waals surface area contributed by atoms with Gasteiger partial charge in [-0.2, -0.15) is 0 Å². The van der Waals surface area contributed by atoms with Crippen molar-refractivity contribution in [2.45, 2.75) is 39.7 Å². The second kappa shape index (κ2) is 6.21. The molecule has 0 heterocycles. The molecule has 0 aliphatic heterocycles. The molecule has 0 saturated carbocycles. The Balaban J connectivity index is 2.15. The van der Waals surface area contributed by atoms with Crippen LogP contribution in [0.5, 0.6) is 0 Å². The fourth-order valence-corrected chi connectivity index (χ4v) is 2.44. The molecule has 2 aromatic carbocycles. The average Bonchev–Trinajstić information content (AvgIpc) is 2.44. The van der Waals surface area contributed by atoms with Crippen LogP contribution in [0.4, 0.5) is 11.4 Å². The van der Waals surface area contributed by atoms with Crippen LogP contribution in [-0.4, -0.2) is 6.54 Å². The van der Waals surface area contributed by atoms with Crippen LogP contribution < -0.4 is 10.6 Å². The smallest absolute Gasteiger partial charge is 0.0429 e. The molecule has 21 heavy (non-hydrogen) atoms. The first-order chi connectivity index (χ1) is 9.90. The molecule has 0 unspecified atom stereocenters. The lowest BCUT2D eigenvalue weighted by molar-refractivity contribution is 0.590. The van der Waals surface area contributed by atoms with Crippen LogP contribution in [0.25, 0.3) is 0 Å². The monoisotopic (exact) mass is 282 g/mol. The first-order valence-electron chi connectivity index (χ1n) is 7.60. The fourth-order valence-electron chi connectivity index (χ4n) is 2.44. The fraction of sp³-hybridized carbons (Fsp3) is 0.368. The molecule has 2 nitrogen and oxygen atoms in total. The molecule has 0 saturated heterocycles. The lowest BCUT2D eigenvalue weighted by Crippen LogP contribution is -2.22. The zero-order chi connectivity index (χ0) is 15.5. The molecule has 2 N–H and O–H groups in total. The number of benzene rings is 2. The van der Waals surface area contributed by atoms with E-state index in [2.05, 4.69) is 62.9 Å². The van der Waals surface area contributed by atoms with E-state index in [1.54, 1.807) is 0 Å². The van der Waals surface area contributed by atoms with Gasteiger partial charge < -0.3 is 10.6 Å². The molecule has 0 bridgehead atoms. The van der Waals surface area contributed by atoms with Gasteiger partial charge >= 0.3 is 0 Å². The number of nitrogen functional groups attached to an aromatic ring is 1. The van der Waals surface area contributed by atoms with Crippen molar-refractivity contribution < 1.29 is 0 Å². The molecule has 0 aromatic heterocycles. The van der Waals surface area contributed by atoms with Crippen LogP contribution in [0.3, 0.4) is 0 Å². The van der Waals surface area contributed by atoms with Gasteiger partial charge in [0.15, 0.2) is 0 Å². The third kappa shape index (κ3) is 4.01. The van der Waals surface area contributed by atoms with E-state index in [4.69, 9.17) is 5.73 Å². The van der Waals surface area contributed by atoms with Crippen molar-refractivity contribution in [1.82, 2.24) is 0 Å². The third-order valence-electron chi connectivity index (χ3n) is 3.81. The highest BCUT2D eigenvalue weighted by molar-refractivity contribution is 5.56. The van der Waals surface area contributed by atoms with Crippen molar-refractivity contribution in [3.05, 3.63) is 59.7 Å². The molecule has 0 radical (unpaired) electrons. The molecule has 0 atom stereocenters. The number of anilines is 2. The minimum atomic E-state index is 0.205. The Morgan fingerprint density at radius 3 is 2.19 bits per heavy atom. The van der Waals surface area contributed by atoms with Gasteiger partial charge in [0.25, 0.3) is 0 Å². The van der Waals surface area contributed by atoms with Crippen LogP contribution in [0, 0.1) is 0 Å². The van der Waals surface area contributed by atoms with Crippen molar-refractivity contribution >= 4 is 11.4 Å². The predicted molar refractivity (Wildman–Crippen MR) is 92.7 cm³/mol. The van der Waals surface area contributed by atoms with Gasteiger partial charge in [0.2, 0.25) is 0 Å². The molecular weight excluding hydrogens is 256 g/mol. The summed E-state index contributed by atoms with van der Waals surface area (Å²) in [6, 6.07) is 17.0. The second-order valence-corrected chi connectivity index (χ2v) is 6.56. The van der Waals surface area contributed by atoms with Crippen molar-refractivity contribution in [2.24, 2.45) is 0 Å². The molecule has 2 rings (SSSR count). The summed E-state index contributed by atoms with van der Waals surface area (Å²) in [5, 5.41) is 0. The van der Waals surface area contributed by atoms with Gasteiger partial charge in [-0.1, -0.05) is 51.1 Å². The number of nitrogens with zero attached hydrogens (tertiary/aromatic N) is 1. The molecule has 0 spiro atoms. The number of rotatable bonds is 4. The molecule has 0 fully saturated rings. The lowest BCUT2D eigenvalue weighted by atomic mass is 9.87. The molecule has 2 aromatic rings. The number of hydrogen-bond acceptors (Lipinski definition) is 2. The normalized spacial score (nSPS) is 11.4. The SMILES string of the molecule is CCN(Cc1ccc(C(C)(C)C)cc1)c1cccc(N)c1. The number of nitrogens with two attached hydrogens (primary N) is 1. The van der Waals surface area contributed by atoms with Crippen molar-refractivity contribution in [1.29, 1.82) is 0 Å². The van der Waals surface area contributed by atoms with Crippen LogP contribution >= 0.6 is 0 Å². The highest BCUT2D eigenvalue weighted by atomic mass is 15.1. The van der Waals surface area contributed by atoms with E-state index in [1.165, 1.54) is 16.8 Å². The summed E-state index contributed by atoms with van der Waals surface area (Å²) in [5.41, 5.74) is 10.8. The quantitative estimate of drug-likeness (QED) is 0.831. The first kappa shape index (κ1) is 15.4. The van der Waals surface area contributed by atoms with E-state index in [-0.39, 0.29) is 5.41 Å². The summed E-state index contributed by atoms with van der Waals surface area (Å²) in [6.07, 6.45) is 0. The summed E-state index contributed by atoms with van der Waals surface area (Å²) < 4.78 is 0. The second-order valence-electron chi connectivity index (χ2n) is 6.56. The molecule has 0 amide bonds. The van der Waals surface area contributed by atoms with Crippen LogP contribution in [0.1, 0.15) is 38.8 Å². The van der Waals surface area contributed by atoms with E-state index >= 15 is 0 Å². The first-order valence-corrected chi connectivity index (χ1v) is 7.60. The molecule has 0 aliphatic carbocycles.